The van der Waals surface area contributed by atoms with Gasteiger partial charge in [0, 0.05) is 11.3 Å². The van der Waals surface area contributed by atoms with Gasteiger partial charge in [0.25, 0.3) is 0 Å². The van der Waals surface area contributed by atoms with Crippen molar-refractivity contribution in [2.24, 2.45) is 5.41 Å². The van der Waals surface area contributed by atoms with Gasteiger partial charge < -0.3 is 0 Å². The van der Waals surface area contributed by atoms with Crippen molar-refractivity contribution in [2.45, 2.75) is 108 Å². The predicted molar refractivity (Wildman–Crippen MR) is 137 cm³/mol. The Kier molecular flexibility index (Phi) is 10.5. The first-order valence-electron chi connectivity index (χ1n) is 13.0. The molecule has 170 valence electrons. The van der Waals surface area contributed by atoms with Crippen LogP contribution >= 0.6 is 11.6 Å². The smallest absolute Gasteiger partial charge is 0.0345 e. The molecule has 0 spiro atoms. The summed E-state index contributed by atoms with van der Waals surface area (Å²) in [4.78, 5) is 0. The van der Waals surface area contributed by atoms with E-state index in [0.717, 1.165) is 12.8 Å². The molecule has 2 aromatic carbocycles. The Morgan fingerprint density at radius 3 is 1.84 bits per heavy atom. The molecule has 1 aliphatic rings. The highest BCUT2D eigenvalue weighted by Crippen LogP contribution is 2.45. The lowest BCUT2D eigenvalue weighted by atomic mass is 9.68. The Bertz CT molecular complexity index is 662. The van der Waals surface area contributed by atoms with Gasteiger partial charge in [0.15, 0.2) is 0 Å². The zero-order valence-corrected chi connectivity index (χ0v) is 20.5. The van der Waals surface area contributed by atoms with Crippen LogP contribution in [0.2, 0.25) is 0 Å². The fraction of sp³-hybridized carbons (Fsp3) is 0.600. The van der Waals surface area contributed by atoms with E-state index in [1.165, 1.54) is 88.2 Å². The number of alkyl halides is 1. The van der Waals surface area contributed by atoms with Gasteiger partial charge in [0.05, 0.1) is 0 Å². The Hall–Kier alpha value is -1.27. The van der Waals surface area contributed by atoms with Crippen LogP contribution in [0.15, 0.2) is 60.7 Å². The molecule has 1 aliphatic carbocycles. The molecule has 0 N–H and O–H groups in total. The van der Waals surface area contributed by atoms with E-state index in [1.54, 1.807) is 0 Å². The van der Waals surface area contributed by atoms with Gasteiger partial charge in [-0.05, 0) is 55.1 Å². The minimum absolute atomic E-state index is 0.243. The Morgan fingerprint density at radius 2 is 1.29 bits per heavy atom. The lowest BCUT2D eigenvalue weighted by molar-refractivity contribution is 0.147. The third-order valence-corrected chi connectivity index (χ3v) is 7.99. The van der Waals surface area contributed by atoms with E-state index in [1.807, 2.05) is 0 Å². The summed E-state index contributed by atoms with van der Waals surface area (Å²) in [5.74, 6) is 0.392. The van der Waals surface area contributed by atoms with Crippen LogP contribution in [0.4, 0.5) is 0 Å². The molecule has 0 nitrogen and oxygen atoms in total. The summed E-state index contributed by atoms with van der Waals surface area (Å²) >= 11 is 6.93. The van der Waals surface area contributed by atoms with E-state index >= 15 is 0 Å². The van der Waals surface area contributed by atoms with E-state index in [2.05, 4.69) is 67.6 Å². The molecule has 0 amide bonds. The quantitative estimate of drug-likeness (QED) is 0.215. The summed E-state index contributed by atoms with van der Waals surface area (Å²) in [7, 11) is 0. The number of benzene rings is 2. The molecule has 0 bridgehead atoms. The number of hydrogen-bond donors (Lipinski definition) is 0. The van der Waals surface area contributed by atoms with Crippen molar-refractivity contribution in [3.05, 3.63) is 71.8 Å². The molecule has 0 aromatic heterocycles. The molecule has 2 aromatic rings. The molecule has 3 rings (SSSR count). The molecule has 31 heavy (non-hydrogen) atoms. The molecular formula is C30H43Cl. The Labute approximate surface area is 196 Å². The van der Waals surface area contributed by atoms with Crippen LogP contribution < -0.4 is 0 Å². The van der Waals surface area contributed by atoms with Crippen molar-refractivity contribution in [1.29, 1.82) is 0 Å². The summed E-state index contributed by atoms with van der Waals surface area (Å²) in [6.45, 7) is 2.33. The molecule has 1 unspecified atom stereocenters. The fourth-order valence-corrected chi connectivity index (χ4v) is 6.08. The first kappa shape index (κ1) is 24.4. The average molecular weight is 439 g/mol. The lowest BCUT2D eigenvalue weighted by Crippen LogP contribution is -2.24. The van der Waals surface area contributed by atoms with Crippen molar-refractivity contribution in [3.63, 3.8) is 0 Å². The summed E-state index contributed by atoms with van der Waals surface area (Å²) < 4.78 is 0. The van der Waals surface area contributed by atoms with Gasteiger partial charge in [-0.15, -0.1) is 11.6 Å². The lowest BCUT2D eigenvalue weighted by Gasteiger charge is -2.38. The summed E-state index contributed by atoms with van der Waals surface area (Å²) in [5.41, 5.74) is 3.43. The van der Waals surface area contributed by atoms with Crippen LogP contribution in [0, 0.1) is 5.41 Å². The summed E-state index contributed by atoms with van der Waals surface area (Å²) in [6.07, 6.45) is 19.2. The third kappa shape index (κ3) is 7.98. The van der Waals surface area contributed by atoms with Gasteiger partial charge in [-0.2, -0.15) is 0 Å². The van der Waals surface area contributed by atoms with E-state index in [0.29, 0.717) is 11.3 Å². The van der Waals surface area contributed by atoms with E-state index < -0.39 is 0 Å². The minimum atomic E-state index is 0.243. The van der Waals surface area contributed by atoms with Gasteiger partial charge in [0.2, 0.25) is 0 Å². The van der Waals surface area contributed by atoms with Gasteiger partial charge in [-0.25, -0.2) is 0 Å². The number of rotatable bonds is 13. The molecule has 0 saturated heterocycles. The van der Waals surface area contributed by atoms with Crippen molar-refractivity contribution in [1.82, 2.24) is 0 Å². The van der Waals surface area contributed by atoms with Crippen LogP contribution in [-0.4, -0.2) is 5.38 Å². The van der Waals surface area contributed by atoms with E-state index in [-0.39, 0.29) is 5.38 Å². The van der Waals surface area contributed by atoms with Crippen molar-refractivity contribution in [3.8, 4) is 0 Å². The first-order valence-corrected chi connectivity index (χ1v) is 13.4. The van der Waals surface area contributed by atoms with Crippen molar-refractivity contribution >= 4 is 11.6 Å². The van der Waals surface area contributed by atoms with Crippen LogP contribution in [0.1, 0.15) is 114 Å². The van der Waals surface area contributed by atoms with E-state index in [9.17, 15) is 0 Å². The molecule has 0 radical (unpaired) electrons. The summed E-state index contributed by atoms with van der Waals surface area (Å²) in [6, 6.07) is 21.8. The van der Waals surface area contributed by atoms with Gasteiger partial charge >= 0.3 is 0 Å². The van der Waals surface area contributed by atoms with Crippen LogP contribution in [0.3, 0.4) is 0 Å². The second-order valence-electron chi connectivity index (χ2n) is 9.97. The first-order chi connectivity index (χ1) is 15.2. The fourth-order valence-electron chi connectivity index (χ4n) is 5.75. The maximum Gasteiger partial charge on any atom is 0.0345 e. The number of hydrogen-bond acceptors (Lipinski definition) is 0. The second kappa shape index (κ2) is 13.3. The van der Waals surface area contributed by atoms with Crippen LogP contribution in [-0.2, 0) is 0 Å². The molecule has 0 heterocycles. The maximum atomic E-state index is 6.93. The highest BCUT2D eigenvalue weighted by atomic mass is 35.5. The summed E-state index contributed by atoms with van der Waals surface area (Å²) in [5, 5.41) is 0.243. The molecular weight excluding hydrogens is 396 g/mol. The normalized spacial score (nSPS) is 17.0. The van der Waals surface area contributed by atoms with Crippen molar-refractivity contribution in [2.75, 3.05) is 0 Å². The van der Waals surface area contributed by atoms with Gasteiger partial charge in [-0.3, -0.25) is 0 Å². The number of unbranched alkanes of at least 4 members (excludes halogenated alkanes) is 3. The van der Waals surface area contributed by atoms with Gasteiger partial charge in [0.1, 0.15) is 0 Å². The largest absolute Gasteiger partial charge is 0.123 e. The second-order valence-corrected chi connectivity index (χ2v) is 10.6. The number of halogens is 1. The molecule has 1 heteroatoms. The van der Waals surface area contributed by atoms with Crippen molar-refractivity contribution < 1.29 is 0 Å². The highest BCUT2D eigenvalue weighted by Gasteiger charge is 2.30. The molecule has 1 saturated carbocycles. The zero-order valence-electron chi connectivity index (χ0n) is 19.7. The van der Waals surface area contributed by atoms with E-state index in [4.69, 9.17) is 11.6 Å². The predicted octanol–water partition coefficient (Wildman–Crippen LogP) is 9.91. The SMILES string of the molecule is CCCCCC1(CCCCC(Cl)CC(c2ccccc2)c2ccccc2)CCCCC1. The maximum absolute atomic E-state index is 6.93. The van der Waals surface area contributed by atoms with Crippen LogP contribution in [0.5, 0.6) is 0 Å². The van der Waals surface area contributed by atoms with Gasteiger partial charge in [-0.1, -0.05) is 119 Å². The molecule has 1 atom stereocenters. The minimum Gasteiger partial charge on any atom is -0.123 e. The standard InChI is InChI=1S/C30H43Cl/c1-2-3-12-21-30(22-13-6-14-23-30)24-15-11-20-28(31)25-29(26-16-7-4-8-17-26)27-18-9-5-10-19-27/h4-5,7-10,16-19,28-29H,2-3,6,11-15,20-25H2,1H3. The highest BCUT2D eigenvalue weighted by molar-refractivity contribution is 6.20. The zero-order chi connectivity index (χ0) is 21.8. The molecule has 0 aliphatic heterocycles. The monoisotopic (exact) mass is 438 g/mol. The topological polar surface area (TPSA) is 0 Å². The Balaban J connectivity index is 1.50. The third-order valence-electron chi connectivity index (χ3n) is 7.59. The Morgan fingerprint density at radius 1 is 0.742 bits per heavy atom. The average Bonchev–Trinajstić information content (AvgIpc) is 2.82. The molecule has 1 fully saturated rings. The van der Waals surface area contributed by atoms with Crippen LogP contribution in [0.25, 0.3) is 0 Å².